The molecule has 0 saturated carbocycles. The van der Waals surface area contributed by atoms with E-state index >= 15 is 0 Å². The van der Waals surface area contributed by atoms with Gasteiger partial charge in [0.1, 0.15) is 0 Å². The van der Waals surface area contributed by atoms with Crippen LogP contribution < -0.4 is 10.6 Å². The Morgan fingerprint density at radius 1 is 1.14 bits per heavy atom. The molecule has 0 aliphatic heterocycles. The largest absolute Gasteiger partial charge is 0.332 e. The zero-order valence-corrected chi connectivity index (χ0v) is 13.3. The second-order valence-electron chi connectivity index (χ2n) is 4.74. The molecule has 3 nitrogen and oxygen atoms in total. The van der Waals surface area contributed by atoms with E-state index in [0.717, 1.165) is 16.8 Å². The Morgan fingerprint density at radius 3 is 2.62 bits per heavy atom. The summed E-state index contributed by atoms with van der Waals surface area (Å²) in [5, 5.41) is 6.49. The molecule has 0 bridgehead atoms. The number of anilines is 1. The van der Waals surface area contributed by atoms with Gasteiger partial charge in [-0.15, -0.1) is 0 Å². The van der Waals surface area contributed by atoms with Crippen LogP contribution in [0.1, 0.15) is 21.5 Å². The van der Waals surface area contributed by atoms with Gasteiger partial charge in [0.25, 0.3) is 5.91 Å². The predicted octanol–water partition coefficient (Wildman–Crippen LogP) is 4.08. The van der Waals surface area contributed by atoms with Crippen molar-refractivity contribution in [3.8, 4) is 0 Å². The minimum atomic E-state index is -0.240. The zero-order chi connectivity index (χ0) is 15.4. The topological polar surface area (TPSA) is 41.1 Å². The molecular weight excluding hydrogens is 304 g/mol. The van der Waals surface area contributed by atoms with Crippen LogP contribution in [0, 0.1) is 13.8 Å². The molecule has 0 heterocycles. The third-order valence-electron chi connectivity index (χ3n) is 2.96. The lowest BCUT2D eigenvalue weighted by molar-refractivity contribution is 0.0977. The first-order valence-corrected chi connectivity index (χ1v) is 7.19. The van der Waals surface area contributed by atoms with Crippen LogP contribution in [-0.2, 0) is 0 Å². The van der Waals surface area contributed by atoms with Crippen LogP contribution in [0.2, 0.25) is 5.02 Å². The van der Waals surface area contributed by atoms with E-state index in [2.05, 4.69) is 10.6 Å². The fourth-order valence-electron chi connectivity index (χ4n) is 1.84. The molecule has 21 heavy (non-hydrogen) atoms. The van der Waals surface area contributed by atoms with Crippen LogP contribution in [-0.4, -0.2) is 11.0 Å². The van der Waals surface area contributed by atoms with E-state index in [-0.39, 0.29) is 11.0 Å². The van der Waals surface area contributed by atoms with E-state index in [1.807, 2.05) is 38.1 Å². The first-order valence-electron chi connectivity index (χ1n) is 6.41. The SMILES string of the molecule is Cc1cccc(C(=O)NC(=S)Nc2cc(Cl)ccc2C)c1. The number of carbonyl (C=O) groups is 1. The van der Waals surface area contributed by atoms with Crippen molar-refractivity contribution in [3.05, 3.63) is 64.2 Å². The zero-order valence-electron chi connectivity index (χ0n) is 11.7. The number of aryl methyl sites for hydroxylation is 2. The smallest absolute Gasteiger partial charge is 0.257 e. The molecule has 0 aromatic heterocycles. The van der Waals surface area contributed by atoms with Crippen LogP contribution in [0.25, 0.3) is 0 Å². The van der Waals surface area contributed by atoms with Crippen LogP contribution >= 0.6 is 23.8 Å². The van der Waals surface area contributed by atoms with Crippen molar-refractivity contribution in [2.24, 2.45) is 0 Å². The third kappa shape index (κ3) is 4.28. The Labute approximate surface area is 134 Å². The van der Waals surface area contributed by atoms with Gasteiger partial charge in [-0.1, -0.05) is 35.4 Å². The van der Waals surface area contributed by atoms with Gasteiger partial charge in [0.15, 0.2) is 5.11 Å². The lowest BCUT2D eigenvalue weighted by Crippen LogP contribution is -2.34. The molecule has 0 saturated heterocycles. The van der Waals surface area contributed by atoms with E-state index in [0.29, 0.717) is 10.6 Å². The van der Waals surface area contributed by atoms with Crippen molar-refractivity contribution in [2.45, 2.75) is 13.8 Å². The average molecular weight is 319 g/mol. The van der Waals surface area contributed by atoms with Gasteiger partial charge in [0.2, 0.25) is 0 Å². The molecule has 0 atom stereocenters. The van der Waals surface area contributed by atoms with Gasteiger partial charge in [-0.2, -0.15) is 0 Å². The number of thiocarbonyl (C=S) groups is 1. The van der Waals surface area contributed by atoms with Gasteiger partial charge in [0.05, 0.1) is 0 Å². The maximum atomic E-state index is 12.1. The van der Waals surface area contributed by atoms with E-state index in [4.69, 9.17) is 23.8 Å². The molecule has 2 rings (SSSR count). The van der Waals surface area contributed by atoms with Crippen molar-refractivity contribution in [1.29, 1.82) is 0 Å². The second kappa shape index (κ2) is 6.70. The molecular formula is C16H15ClN2OS. The summed E-state index contributed by atoms with van der Waals surface area (Å²) in [7, 11) is 0. The summed E-state index contributed by atoms with van der Waals surface area (Å²) in [4.78, 5) is 12.1. The Balaban J connectivity index is 2.05. The highest BCUT2D eigenvalue weighted by atomic mass is 35.5. The van der Waals surface area contributed by atoms with Gasteiger partial charge in [-0.3, -0.25) is 10.1 Å². The first-order chi connectivity index (χ1) is 9.95. The van der Waals surface area contributed by atoms with Crippen LogP contribution in [0.3, 0.4) is 0 Å². The molecule has 2 N–H and O–H groups in total. The maximum Gasteiger partial charge on any atom is 0.257 e. The fraction of sp³-hybridized carbons (Fsp3) is 0.125. The van der Waals surface area contributed by atoms with Crippen molar-refractivity contribution in [3.63, 3.8) is 0 Å². The lowest BCUT2D eigenvalue weighted by atomic mass is 10.1. The first kappa shape index (κ1) is 15.5. The molecule has 2 aromatic rings. The van der Waals surface area contributed by atoms with Crippen LogP contribution in [0.5, 0.6) is 0 Å². The fourth-order valence-corrected chi connectivity index (χ4v) is 2.22. The number of hydrogen-bond donors (Lipinski definition) is 2. The Morgan fingerprint density at radius 2 is 1.90 bits per heavy atom. The van der Waals surface area contributed by atoms with Crippen molar-refractivity contribution >= 4 is 40.5 Å². The summed E-state index contributed by atoms with van der Waals surface area (Å²) >= 11 is 11.1. The van der Waals surface area contributed by atoms with Crippen molar-refractivity contribution < 1.29 is 4.79 Å². The number of nitrogens with one attached hydrogen (secondary N) is 2. The number of carbonyl (C=O) groups excluding carboxylic acids is 1. The summed E-state index contributed by atoms with van der Waals surface area (Å²) in [6.07, 6.45) is 0. The average Bonchev–Trinajstić information content (AvgIpc) is 2.42. The van der Waals surface area contributed by atoms with Gasteiger partial charge in [0, 0.05) is 16.3 Å². The predicted molar refractivity (Wildman–Crippen MR) is 91.1 cm³/mol. The number of hydrogen-bond acceptors (Lipinski definition) is 2. The normalized spacial score (nSPS) is 10.0. The molecule has 0 spiro atoms. The van der Waals surface area contributed by atoms with E-state index in [1.165, 1.54) is 0 Å². The highest BCUT2D eigenvalue weighted by molar-refractivity contribution is 7.80. The second-order valence-corrected chi connectivity index (χ2v) is 5.58. The van der Waals surface area contributed by atoms with Crippen molar-refractivity contribution in [2.75, 3.05) is 5.32 Å². The molecule has 1 amide bonds. The third-order valence-corrected chi connectivity index (χ3v) is 3.39. The quantitative estimate of drug-likeness (QED) is 0.820. The minimum absolute atomic E-state index is 0.240. The van der Waals surface area contributed by atoms with Gasteiger partial charge >= 0.3 is 0 Å². The summed E-state index contributed by atoms with van der Waals surface area (Å²) in [6.45, 7) is 3.87. The summed E-state index contributed by atoms with van der Waals surface area (Å²) in [5.41, 5.74) is 3.36. The number of rotatable bonds is 2. The van der Waals surface area contributed by atoms with Gasteiger partial charge < -0.3 is 5.32 Å². The van der Waals surface area contributed by atoms with E-state index in [1.54, 1.807) is 18.2 Å². The van der Waals surface area contributed by atoms with E-state index < -0.39 is 0 Å². The number of benzene rings is 2. The molecule has 5 heteroatoms. The summed E-state index contributed by atoms with van der Waals surface area (Å²) in [5.74, 6) is -0.240. The number of halogens is 1. The minimum Gasteiger partial charge on any atom is -0.332 e. The molecule has 108 valence electrons. The molecule has 2 aromatic carbocycles. The van der Waals surface area contributed by atoms with Crippen LogP contribution in [0.15, 0.2) is 42.5 Å². The maximum absolute atomic E-state index is 12.1. The monoisotopic (exact) mass is 318 g/mol. The van der Waals surface area contributed by atoms with Crippen molar-refractivity contribution in [1.82, 2.24) is 5.32 Å². The number of amides is 1. The molecule has 0 fully saturated rings. The highest BCUT2D eigenvalue weighted by Crippen LogP contribution is 2.20. The lowest BCUT2D eigenvalue weighted by Gasteiger charge is -2.12. The van der Waals surface area contributed by atoms with E-state index in [9.17, 15) is 4.79 Å². The summed E-state index contributed by atoms with van der Waals surface area (Å²) < 4.78 is 0. The molecule has 0 aliphatic rings. The molecule has 0 aliphatic carbocycles. The Bertz CT molecular complexity index is 700. The van der Waals surface area contributed by atoms with Gasteiger partial charge in [-0.05, 0) is 55.9 Å². The molecule has 0 unspecified atom stereocenters. The highest BCUT2D eigenvalue weighted by Gasteiger charge is 2.09. The van der Waals surface area contributed by atoms with Crippen LogP contribution in [0.4, 0.5) is 5.69 Å². The Hall–Kier alpha value is -1.91. The standard InChI is InChI=1S/C16H15ClN2OS/c1-10-4-3-5-12(8-10)15(20)19-16(21)18-14-9-13(17)7-6-11(14)2/h3-9H,1-2H3,(H2,18,19,20,21). The van der Waals surface area contributed by atoms with Gasteiger partial charge in [-0.25, -0.2) is 0 Å². The Kier molecular flexibility index (Phi) is 4.94. The molecule has 0 radical (unpaired) electrons. The summed E-state index contributed by atoms with van der Waals surface area (Å²) in [6, 6.07) is 12.8.